The molecule has 0 unspecified atom stereocenters. The first-order valence-corrected chi connectivity index (χ1v) is 6.71. The van der Waals surface area contributed by atoms with E-state index < -0.39 is 9.84 Å². The Morgan fingerprint density at radius 3 is 2.62 bits per heavy atom. The van der Waals surface area contributed by atoms with Crippen molar-refractivity contribution in [1.29, 1.82) is 0 Å². The molecular formula is C13H14O2S. The minimum atomic E-state index is -3.26. The van der Waals surface area contributed by atoms with E-state index >= 15 is 0 Å². The lowest BCUT2D eigenvalue weighted by atomic mass is 10.0. The second-order valence-corrected chi connectivity index (χ2v) is 5.93. The molecule has 0 bridgehead atoms. The van der Waals surface area contributed by atoms with Crippen molar-refractivity contribution in [2.24, 2.45) is 0 Å². The van der Waals surface area contributed by atoms with Crippen LogP contribution in [-0.2, 0) is 16.3 Å². The third-order valence-electron chi connectivity index (χ3n) is 2.87. The lowest BCUT2D eigenvalue weighted by Gasteiger charge is -2.19. The van der Waals surface area contributed by atoms with Crippen molar-refractivity contribution in [2.45, 2.75) is 25.2 Å². The topological polar surface area (TPSA) is 34.1 Å². The maximum atomic E-state index is 12.2. The Morgan fingerprint density at radius 1 is 1.25 bits per heavy atom. The molecule has 0 amide bonds. The van der Waals surface area contributed by atoms with Crippen LogP contribution < -0.4 is 0 Å². The zero-order valence-electron chi connectivity index (χ0n) is 9.40. The van der Waals surface area contributed by atoms with Crippen molar-refractivity contribution in [2.75, 3.05) is 0 Å². The second-order valence-electron chi connectivity index (χ2n) is 3.87. The molecule has 1 aromatic rings. The Hall–Kier alpha value is -1.35. The van der Waals surface area contributed by atoms with E-state index in [0.717, 1.165) is 11.1 Å². The van der Waals surface area contributed by atoms with E-state index in [0.29, 0.717) is 16.2 Å². The molecule has 1 aliphatic rings. The third-order valence-corrected chi connectivity index (χ3v) is 4.91. The molecule has 0 saturated heterocycles. The van der Waals surface area contributed by atoms with Crippen molar-refractivity contribution >= 4 is 9.84 Å². The molecule has 0 aromatic heterocycles. The molecule has 0 saturated carbocycles. The predicted octanol–water partition coefficient (Wildman–Crippen LogP) is 2.87. The first kappa shape index (κ1) is 11.1. The van der Waals surface area contributed by atoms with Crippen molar-refractivity contribution in [1.82, 2.24) is 0 Å². The summed E-state index contributed by atoms with van der Waals surface area (Å²) >= 11 is 0. The van der Waals surface area contributed by atoms with Gasteiger partial charge in [-0.3, -0.25) is 0 Å². The van der Waals surface area contributed by atoms with Crippen LogP contribution in [0.1, 0.15) is 19.4 Å². The van der Waals surface area contributed by atoms with Crippen molar-refractivity contribution in [3.05, 3.63) is 52.5 Å². The first-order valence-electron chi connectivity index (χ1n) is 5.23. The summed E-state index contributed by atoms with van der Waals surface area (Å²) in [4.78, 5) is 0.935. The molecule has 84 valence electrons. The Kier molecular flexibility index (Phi) is 2.72. The van der Waals surface area contributed by atoms with Crippen LogP contribution in [0.15, 0.2) is 51.8 Å². The lowest BCUT2D eigenvalue weighted by Crippen LogP contribution is -2.14. The molecule has 0 spiro atoms. The van der Waals surface area contributed by atoms with Gasteiger partial charge in [0.25, 0.3) is 0 Å². The van der Waals surface area contributed by atoms with Crippen LogP contribution in [0.5, 0.6) is 0 Å². The van der Waals surface area contributed by atoms with Gasteiger partial charge in [-0.1, -0.05) is 30.4 Å². The van der Waals surface area contributed by atoms with E-state index in [1.165, 1.54) is 0 Å². The van der Waals surface area contributed by atoms with Gasteiger partial charge in [0.2, 0.25) is 9.84 Å². The molecule has 2 nitrogen and oxygen atoms in total. The lowest BCUT2D eigenvalue weighted by molar-refractivity contribution is 0.599. The maximum Gasteiger partial charge on any atom is 0.203 e. The molecule has 1 aromatic carbocycles. The summed E-state index contributed by atoms with van der Waals surface area (Å²) in [7, 11) is -3.26. The van der Waals surface area contributed by atoms with Gasteiger partial charge in [0, 0.05) is 4.91 Å². The monoisotopic (exact) mass is 234 g/mol. The smallest absolute Gasteiger partial charge is 0.203 e. The third kappa shape index (κ3) is 1.61. The van der Waals surface area contributed by atoms with Crippen LogP contribution in [0, 0.1) is 0 Å². The minimum Gasteiger partial charge on any atom is -0.219 e. The number of rotatable bonds is 1. The van der Waals surface area contributed by atoms with Crippen LogP contribution in [0.25, 0.3) is 0 Å². The molecule has 0 N–H and O–H groups in total. The molecule has 0 fully saturated rings. The van der Waals surface area contributed by atoms with E-state index in [2.05, 4.69) is 0 Å². The summed E-state index contributed by atoms with van der Waals surface area (Å²) < 4.78 is 24.4. The minimum absolute atomic E-state index is 0.459. The molecule has 1 aliphatic heterocycles. The van der Waals surface area contributed by atoms with Crippen LogP contribution in [-0.4, -0.2) is 8.42 Å². The van der Waals surface area contributed by atoms with Crippen LogP contribution >= 0.6 is 0 Å². The number of hydrogen-bond acceptors (Lipinski definition) is 2. The summed E-state index contributed by atoms with van der Waals surface area (Å²) in [5, 5.41) is 0. The molecule has 2 rings (SSSR count). The largest absolute Gasteiger partial charge is 0.219 e. The highest BCUT2D eigenvalue weighted by molar-refractivity contribution is 7.95. The normalized spacial score (nSPS) is 18.9. The Balaban J connectivity index is 2.69. The maximum absolute atomic E-state index is 12.2. The van der Waals surface area contributed by atoms with Gasteiger partial charge in [0.1, 0.15) is 0 Å². The van der Waals surface area contributed by atoms with E-state index in [1.807, 2.05) is 31.2 Å². The molecule has 16 heavy (non-hydrogen) atoms. The number of sulfone groups is 1. The quantitative estimate of drug-likeness (QED) is 0.748. The molecule has 0 atom stereocenters. The molecule has 0 radical (unpaired) electrons. The fraction of sp³-hybridized carbons (Fsp3) is 0.231. The summed E-state index contributed by atoms with van der Waals surface area (Å²) in [5.74, 6) is 0. The Bertz CT molecular complexity index is 578. The Labute approximate surface area is 96.2 Å². The number of allylic oxidation sites excluding steroid dienone is 4. The van der Waals surface area contributed by atoms with E-state index in [1.54, 1.807) is 19.1 Å². The van der Waals surface area contributed by atoms with Gasteiger partial charge in [-0.25, -0.2) is 8.42 Å². The first-order chi connectivity index (χ1) is 7.57. The zero-order valence-corrected chi connectivity index (χ0v) is 10.2. The van der Waals surface area contributed by atoms with Crippen LogP contribution in [0.4, 0.5) is 0 Å². The van der Waals surface area contributed by atoms with Gasteiger partial charge in [-0.2, -0.15) is 0 Å². The van der Waals surface area contributed by atoms with Gasteiger partial charge in [0.05, 0.1) is 4.90 Å². The fourth-order valence-corrected chi connectivity index (χ4v) is 3.52. The van der Waals surface area contributed by atoms with Gasteiger partial charge in [-0.15, -0.1) is 0 Å². The number of hydrogen-bond donors (Lipinski definition) is 0. The highest BCUT2D eigenvalue weighted by Gasteiger charge is 2.27. The van der Waals surface area contributed by atoms with Gasteiger partial charge >= 0.3 is 0 Å². The standard InChI is InChI=1S/C13H14O2S/c1-3-6-11-9-12-7-4-5-8-13(12)16(14,15)10(11)2/h3-8H,9H2,1-2H3/b6-3-. The Morgan fingerprint density at radius 2 is 1.94 bits per heavy atom. The zero-order chi connectivity index (χ0) is 11.8. The van der Waals surface area contributed by atoms with E-state index in [9.17, 15) is 8.42 Å². The van der Waals surface area contributed by atoms with Crippen molar-refractivity contribution in [3.63, 3.8) is 0 Å². The van der Waals surface area contributed by atoms with Crippen LogP contribution in [0.3, 0.4) is 0 Å². The molecule has 0 aliphatic carbocycles. The fourth-order valence-electron chi connectivity index (χ4n) is 1.96. The molecule has 3 heteroatoms. The predicted molar refractivity (Wildman–Crippen MR) is 64.8 cm³/mol. The average Bonchev–Trinajstić information content (AvgIpc) is 2.26. The highest BCUT2D eigenvalue weighted by atomic mass is 32.2. The number of fused-ring (bicyclic) bond motifs is 1. The van der Waals surface area contributed by atoms with Crippen LogP contribution in [0.2, 0.25) is 0 Å². The second kappa shape index (κ2) is 3.91. The van der Waals surface area contributed by atoms with Crippen molar-refractivity contribution < 1.29 is 8.42 Å². The summed E-state index contributed by atoms with van der Waals surface area (Å²) in [6.45, 7) is 3.58. The summed E-state index contributed by atoms with van der Waals surface area (Å²) in [6.07, 6.45) is 4.46. The molecule has 1 heterocycles. The molecular weight excluding hydrogens is 220 g/mol. The highest BCUT2D eigenvalue weighted by Crippen LogP contribution is 2.32. The SMILES string of the molecule is C/C=C\C1=C(C)S(=O)(=O)c2ccccc2C1. The summed E-state index contributed by atoms with van der Waals surface area (Å²) in [5.41, 5.74) is 1.78. The number of benzene rings is 1. The van der Waals surface area contributed by atoms with E-state index in [4.69, 9.17) is 0 Å². The van der Waals surface area contributed by atoms with Gasteiger partial charge in [-0.05, 0) is 37.5 Å². The van der Waals surface area contributed by atoms with Gasteiger partial charge in [0.15, 0.2) is 0 Å². The summed E-state index contributed by atoms with van der Waals surface area (Å²) in [6, 6.07) is 7.20. The average molecular weight is 234 g/mol. The van der Waals surface area contributed by atoms with Crippen molar-refractivity contribution in [3.8, 4) is 0 Å². The van der Waals surface area contributed by atoms with Gasteiger partial charge < -0.3 is 0 Å². The van der Waals surface area contributed by atoms with E-state index in [-0.39, 0.29) is 0 Å².